The number of nitrogens with zero attached hydrogens (tertiary/aromatic N) is 3. The second-order valence-electron chi connectivity index (χ2n) is 7.21. The van der Waals surface area contributed by atoms with Crippen LogP contribution in [0, 0.1) is 0 Å². The van der Waals surface area contributed by atoms with Crippen molar-refractivity contribution < 1.29 is 4.79 Å². The first-order chi connectivity index (χ1) is 14.5. The average molecular weight is 471 g/mol. The summed E-state index contributed by atoms with van der Waals surface area (Å²) in [7, 11) is 0. The van der Waals surface area contributed by atoms with Crippen LogP contribution in [0.4, 0.5) is 0 Å². The van der Waals surface area contributed by atoms with Gasteiger partial charge in [0.05, 0.1) is 17.2 Å². The van der Waals surface area contributed by atoms with Gasteiger partial charge in [-0.25, -0.2) is 4.98 Å². The maximum atomic E-state index is 12.7. The predicted molar refractivity (Wildman–Crippen MR) is 124 cm³/mol. The Morgan fingerprint density at radius 2 is 1.90 bits per heavy atom. The van der Waals surface area contributed by atoms with Gasteiger partial charge in [-0.1, -0.05) is 60.1 Å². The number of carbonyl (C=O) groups is 1. The zero-order valence-electron chi connectivity index (χ0n) is 17.3. The van der Waals surface area contributed by atoms with E-state index in [9.17, 15) is 9.59 Å². The number of carbonyl (C=O) groups excluding carboxylic acids is 1. The molecule has 1 N–H and O–H groups in total. The van der Waals surface area contributed by atoms with Crippen molar-refractivity contribution in [2.24, 2.45) is 0 Å². The molecule has 0 saturated carbocycles. The average Bonchev–Trinajstić information content (AvgIpc) is 2.76. The van der Waals surface area contributed by atoms with Crippen LogP contribution in [0.5, 0.6) is 0 Å². The number of rotatable bonds is 9. The highest BCUT2D eigenvalue weighted by Gasteiger charge is 2.18. The van der Waals surface area contributed by atoms with Crippen molar-refractivity contribution in [3.63, 3.8) is 0 Å². The van der Waals surface area contributed by atoms with Crippen LogP contribution in [0.2, 0.25) is 0 Å². The number of aromatic nitrogens is 2. The fraction of sp³-hybridized carbons (Fsp3) is 0.348. The van der Waals surface area contributed by atoms with Crippen LogP contribution < -0.4 is 10.9 Å². The van der Waals surface area contributed by atoms with Gasteiger partial charge in [0.1, 0.15) is 6.54 Å². The lowest BCUT2D eigenvalue weighted by Gasteiger charge is -2.30. The summed E-state index contributed by atoms with van der Waals surface area (Å²) in [6.07, 6.45) is 2.29. The highest BCUT2D eigenvalue weighted by molar-refractivity contribution is 9.10. The lowest BCUT2D eigenvalue weighted by atomic mass is 10.0. The molecule has 0 bridgehead atoms. The third-order valence-corrected chi connectivity index (χ3v) is 5.77. The standard InChI is InChI=1S/C23H27BrN4O2/c1-3-27(4-2)19(12-17-8-6-5-7-9-17)14-25-22(29)15-28-16-26-21-11-10-18(24)13-20(21)23(28)30/h5-11,13,16,19H,3-4,12,14-15H2,1-2H3,(H,25,29). The molecule has 0 saturated heterocycles. The van der Waals surface area contributed by atoms with E-state index in [1.807, 2.05) is 24.3 Å². The fourth-order valence-corrected chi connectivity index (χ4v) is 4.00. The normalized spacial score (nSPS) is 12.3. The number of amides is 1. The first-order valence-electron chi connectivity index (χ1n) is 10.2. The maximum absolute atomic E-state index is 12.7. The molecule has 0 radical (unpaired) electrons. The van der Waals surface area contributed by atoms with Gasteiger partial charge in [0.2, 0.25) is 5.91 Å². The molecule has 30 heavy (non-hydrogen) atoms. The Balaban J connectivity index is 1.68. The molecule has 1 aromatic heterocycles. The molecule has 7 heteroatoms. The van der Waals surface area contributed by atoms with Gasteiger partial charge in [-0.15, -0.1) is 0 Å². The van der Waals surface area contributed by atoms with Gasteiger partial charge in [-0.2, -0.15) is 0 Å². The minimum Gasteiger partial charge on any atom is -0.353 e. The van der Waals surface area contributed by atoms with Crippen molar-refractivity contribution in [1.82, 2.24) is 19.8 Å². The number of halogens is 1. The first-order valence-corrected chi connectivity index (χ1v) is 11.0. The van der Waals surface area contributed by atoms with E-state index in [1.165, 1.54) is 16.5 Å². The quantitative estimate of drug-likeness (QED) is 0.521. The van der Waals surface area contributed by atoms with Gasteiger partial charge in [0.25, 0.3) is 5.56 Å². The van der Waals surface area contributed by atoms with Crippen molar-refractivity contribution >= 4 is 32.7 Å². The summed E-state index contributed by atoms with van der Waals surface area (Å²) < 4.78 is 2.16. The van der Waals surface area contributed by atoms with Crippen LogP contribution in [-0.4, -0.2) is 46.0 Å². The monoisotopic (exact) mass is 470 g/mol. The molecule has 1 unspecified atom stereocenters. The summed E-state index contributed by atoms with van der Waals surface area (Å²) in [4.78, 5) is 31.9. The molecule has 158 valence electrons. The van der Waals surface area contributed by atoms with E-state index in [0.29, 0.717) is 17.4 Å². The molecule has 3 rings (SSSR count). The second kappa shape index (κ2) is 10.5. The van der Waals surface area contributed by atoms with Crippen molar-refractivity contribution in [1.29, 1.82) is 0 Å². The van der Waals surface area contributed by atoms with Gasteiger partial charge < -0.3 is 5.32 Å². The summed E-state index contributed by atoms with van der Waals surface area (Å²) in [5.74, 6) is -0.196. The Hall–Kier alpha value is -2.51. The number of hydrogen-bond acceptors (Lipinski definition) is 4. The highest BCUT2D eigenvalue weighted by atomic mass is 79.9. The van der Waals surface area contributed by atoms with E-state index in [1.54, 1.807) is 12.1 Å². The Morgan fingerprint density at radius 1 is 1.17 bits per heavy atom. The molecule has 0 fully saturated rings. The van der Waals surface area contributed by atoms with Crippen LogP contribution in [0.25, 0.3) is 10.9 Å². The Labute approximate surface area is 185 Å². The first kappa shape index (κ1) is 22.2. The molecule has 1 amide bonds. The van der Waals surface area contributed by atoms with Gasteiger partial charge in [-0.05, 0) is 43.3 Å². The van der Waals surface area contributed by atoms with Crippen molar-refractivity contribution in [3.8, 4) is 0 Å². The number of likely N-dealkylation sites (N-methyl/N-ethyl adjacent to an activating group) is 1. The SMILES string of the molecule is CCN(CC)C(CNC(=O)Cn1cnc2ccc(Br)cc2c1=O)Cc1ccccc1. The molecule has 0 aliphatic heterocycles. The molecule has 0 aliphatic carbocycles. The highest BCUT2D eigenvalue weighted by Crippen LogP contribution is 2.14. The summed E-state index contributed by atoms with van der Waals surface area (Å²) in [5.41, 5.74) is 1.63. The summed E-state index contributed by atoms with van der Waals surface area (Å²) in [5, 5.41) is 3.50. The second-order valence-corrected chi connectivity index (χ2v) is 8.12. The number of nitrogens with one attached hydrogen (secondary N) is 1. The van der Waals surface area contributed by atoms with E-state index in [-0.39, 0.29) is 24.1 Å². The molecule has 0 spiro atoms. The van der Waals surface area contributed by atoms with E-state index < -0.39 is 0 Å². The van der Waals surface area contributed by atoms with Crippen LogP contribution in [0.15, 0.2) is 64.1 Å². The van der Waals surface area contributed by atoms with E-state index in [2.05, 4.69) is 57.1 Å². The van der Waals surface area contributed by atoms with Crippen molar-refractivity contribution in [2.75, 3.05) is 19.6 Å². The zero-order valence-corrected chi connectivity index (χ0v) is 18.9. The predicted octanol–water partition coefficient (Wildman–Crippen LogP) is 3.23. The molecule has 2 aromatic carbocycles. The maximum Gasteiger partial charge on any atom is 0.261 e. The number of fused-ring (bicyclic) bond motifs is 1. The fourth-order valence-electron chi connectivity index (χ4n) is 3.64. The summed E-state index contributed by atoms with van der Waals surface area (Å²) >= 11 is 3.38. The summed E-state index contributed by atoms with van der Waals surface area (Å²) in [6, 6.07) is 15.8. The van der Waals surface area contributed by atoms with Crippen LogP contribution >= 0.6 is 15.9 Å². The number of hydrogen-bond donors (Lipinski definition) is 1. The van der Waals surface area contributed by atoms with Crippen LogP contribution in [0.3, 0.4) is 0 Å². The van der Waals surface area contributed by atoms with Crippen molar-refractivity contribution in [3.05, 3.63) is 75.2 Å². The molecule has 1 heterocycles. The Kier molecular flexibility index (Phi) is 7.76. The van der Waals surface area contributed by atoms with Crippen LogP contribution in [-0.2, 0) is 17.8 Å². The smallest absolute Gasteiger partial charge is 0.261 e. The Bertz CT molecular complexity index is 1050. The third kappa shape index (κ3) is 5.55. The van der Waals surface area contributed by atoms with E-state index >= 15 is 0 Å². The lowest BCUT2D eigenvalue weighted by molar-refractivity contribution is -0.122. The van der Waals surface area contributed by atoms with Gasteiger partial charge in [-0.3, -0.25) is 19.1 Å². The molecular weight excluding hydrogens is 444 g/mol. The zero-order chi connectivity index (χ0) is 21.5. The molecule has 3 aromatic rings. The lowest BCUT2D eigenvalue weighted by Crippen LogP contribution is -2.46. The van der Waals surface area contributed by atoms with Gasteiger partial charge >= 0.3 is 0 Å². The Morgan fingerprint density at radius 3 is 2.60 bits per heavy atom. The third-order valence-electron chi connectivity index (χ3n) is 5.28. The number of benzene rings is 2. The topological polar surface area (TPSA) is 67.2 Å². The van der Waals surface area contributed by atoms with E-state index in [0.717, 1.165) is 24.0 Å². The largest absolute Gasteiger partial charge is 0.353 e. The molecule has 6 nitrogen and oxygen atoms in total. The van der Waals surface area contributed by atoms with Crippen LogP contribution in [0.1, 0.15) is 19.4 Å². The molecular formula is C23H27BrN4O2. The minimum absolute atomic E-state index is 0.0510. The van der Waals surface area contributed by atoms with Crippen molar-refractivity contribution in [2.45, 2.75) is 32.9 Å². The summed E-state index contributed by atoms with van der Waals surface area (Å²) in [6.45, 7) is 6.55. The van der Waals surface area contributed by atoms with E-state index in [4.69, 9.17) is 0 Å². The minimum atomic E-state index is -0.221. The molecule has 0 aliphatic rings. The van der Waals surface area contributed by atoms with Gasteiger partial charge in [0, 0.05) is 17.1 Å². The molecule has 1 atom stereocenters. The van der Waals surface area contributed by atoms with Gasteiger partial charge in [0.15, 0.2) is 0 Å².